The minimum absolute atomic E-state index is 0.180. The monoisotopic (exact) mass is 290 g/mol. The van der Waals surface area contributed by atoms with Crippen molar-refractivity contribution in [1.82, 2.24) is 0 Å². The fourth-order valence-electron chi connectivity index (χ4n) is 2.34. The van der Waals surface area contributed by atoms with Crippen molar-refractivity contribution in [3.8, 4) is 5.75 Å². The van der Waals surface area contributed by atoms with Gasteiger partial charge in [-0.15, -0.1) is 0 Å². The van der Waals surface area contributed by atoms with Crippen molar-refractivity contribution in [1.29, 1.82) is 0 Å². The Morgan fingerprint density at radius 2 is 1.24 bits per heavy atom. The molecule has 1 nitrogen and oxygen atoms in total. The van der Waals surface area contributed by atoms with Gasteiger partial charge in [-0.1, -0.05) is 74.4 Å². The standard InChI is InChI=1S/C20H34O/c1-13(2)16-10-17(14(3)4)19(18(11-16)15(5)6)21-12-20(7,8)9/h10-11,13-15H,12H2,1-9H3. The average molecular weight is 290 g/mol. The lowest BCUT2D eigenvalue weighted by Gasteiger charge is -2.26. The highest BCUT2D eigenvalue weighted by Crippen LogP contribution is 2.38. The van der Waals surface area contributed by atoms with E-state index in [1.807, 2.05) is 0 Å². The molecule has 0 aliphatic rings. The van der Waals surface area contributed by atoms with Crippen LogP contribution < -0.4 is 4.74 Å². The first-order chi connectivity index (χ1) is 9.53. The Morgan fingerprint density at radius 3 is 1.52 bits per heavy atom. The molecular formula is C20H34O. The van der Waals surface area contributed by atoms with Gasteiger partial charge in [-0.05, 0) is 39.9 Å². The van der Waals surface area contributed by atoms with E-state index in [0.717, 1.165) is 12.4 Å². The Morgan fingerprint density at radius 1 is 0.810 bits per heavy atom. The zero-order valence-electron chi connectivity index (χ0n) is 15.5. The molecule has 1 aromatic carbocycles. The highest BCUT2D eigenvalue weighted by Gasteiger charge is 2.20. The van der Waals surface area contributed by atoms with E-state index in [9.17, 15) is 0 Å². The van der Waals surface area contributed by atoms with Gasteiger partial charge in [-0.25, -0.2) is 0 Å². The van der Waals surface area contributed by atoms with Gasteiger partial charge in [-0.3, -0.25) is 0 Å². The lowest BCUT2D eigenvalue weighted by molar-refractivity contribution is 0.194. The SMILES string of the molecule is CC(C)c1cc(C(C)C)c(OCC(C)(C)C)c(C(C)C)c1. The maximum Gasteiger partial charge on any atom is 0.126 e. The second-order valence-electron chi connectivity index (χ2n) is 8.34. The Labute approximate surface area is 132 Å². The van der Waals surface area contributed by atoms with Crippen LogP contribution in [-0.4, -0.2) is 6.61 Å². The molecule has 21 heavy (non-hydrogen) atoms. The lowest BCUT2D eigenvalue weighted by atomic mass is 9.88. The van der Waals surface area contributed by atoms with Crippen LogP contribution in [0.3, 0.4) is 0 Å². The van der Waals surface area contributed by atoms with Gasteiger partial charge in [0, 0.05) is 0 Å². The zero-order chi connectivity index (χ0) is 16.4. The minimum atomic E-state index is 0.180. The summed E-state index contributed by atoms with van der Waals surface area (Å²) in [7, 11) is 0. The molecule has 0 unspecified atom stereocenters. The lowest BCUT2D eigenvalue weighted by Crippen LogP contribution is -2.19. The number of hydrogen-bond donors (Lipinski definition) is 0. The van der Waals surface area contributed by atoms with E-state index >= 15 is 0 Å². The number of benzene rings is 1. The summed E-state index contributed by atoms with van der Waals surface area (Å²) < 4.78 is 6.29. The predicted octanol–water partition coefficient (Wildman–Crippen LogP) is 6.48. The van der Waals surface area contributed by atoms with Crippen LogP contribution in [-0.2, 0) is 0 Å². The van der Waals surface area contributed by atoms with E-state index in [4.69, 9.17) is 4.74 Å². The van der Waals surface area contributed by atoms with Crippen LogP contribution in [0.5, 0.6) is 5.75 Å². The summed E-state index contributed by atoms with van der Waals surface area (Å²) in [6.07, 6.45) is 0. The molecule has 0 aliphatic heterocycles. The average Bonchev–Trinajstić information content (AvgIpc) is 2.33. The Bertz CT molecular complexity index is 432. The summed E-state index contributed by atoms with van der Waals surface area (Å²) in [4.78, 5) is 0. The van der Waals surface area contributed by atoms with Gasteiger partial charge in [0.15, 0.2) is 0 Å². The van der Waals surface area contributed by atoms with Gasteiger partial charge in [0.1, 0.15) is 5.75 Å². The van der Waals surface area contributed by atoms with E-state index in [-0.39, 0.29) is 5.41 Å². The highest BCUT2D eigenvalue weighted by atomic mass is 16.5. The molecule has 0 aliphatic carbocycles. The molecule has 1 heteroatoms. The van der Waals surface area contributed by atoms with E-state index in [0.29, 0.717) is 17.8 Å². The van der Waals surface area contributed by atoms with E-state index in [2.05, 4.69) is 74.4 Å². The largest absolute Gasteiger partial charge is 0.492 e. The van der Waals surface area contributed by atoms with Crippen LogP contribution >= 0.6 is 0 Å². The molecule has 0 saturated heterocycles. The maximum atomic E-state index is 6.29. The summed E-state index contributed by atoms with van der Waals surface area (Å²) in [5.41, 5.74) is 4.31. The molecule has 0 fully saturated rings. The van der Waals surface area contributed by atoms with Crippen molar-refractivity contribution in [3.05, 3.63) is 28.8 Å². The van der Waals surface area contributed by atoms with Crippen molar-refractivity contribution < 1.29 is 4.74 Å². The van der Waals surface area contributed by atoms with E-state index in [1.54, 1.807) is 0 Å². The number of rotatable bonds is 5. The quantitative estimate of drug-likeness (QED) is 0.603. The molecule has 0 atom stereocenters. The summed E-state index contributed by atoms with van der Waals surface area (Å²) in [6, 6.07) is 4.69. The van der Waals surface area contributed by atoms with Gasteiger partial charge in [0.2, 0.25) is 0 Å². The van der Waals surface area contributed by atoms with Crippen molar-refractivity contribution >= 4 is 0 Å². The first-order valence-electron chi connectivity index (χ1n) is 8.33. The van der Waals surface area contributed by atoms with Crippen LogP contribution in [0.15, 0.2) is 12.1 Å². The summed E-state index contributed by atoms with van der Waals surface area (Å²) >= 11 is 0. The molecule has 0 bridgehead atoms. The molecule has 120 valence electrons. The van der Waals surface area contributed by atoms with E-state index in [1.165, 1.54) is 16.7 Å². The second-order valence-corrected chi connectivity index (χ2v) is 8.34. The molecule has 0 N–H and O–H groups in total. The molecule has 1 rings (SSSR count). The summed E-state index contributed by atoms with van der Waals surface area (Å²) in [5.74, 6) is 2.64. The zero-order valence-corrected chi connectivity index (χ0v) is 15.5. The highest BCUT2D eigenvalue weighted by molar-refractivity contribution is 5.48. The van der Waals surface area contributed by atoms with Crippen molar-refractivity contribution in [2.75, 3.05) is 6.61 Å². The van der Waals surface area contributed by atoms with Crippen LogP contribution in [0.25, 0.3) is 0 Å². The fraction of sp³-hybridized carbons (Fsp3) is 0.700. The molecule has 1 aromatic rings. The number of ether oxygens (including phenoxy) is 1. The Kier molecular flexibility index (Phi) is 5.90. The Balaban J connectivity index is 3.36. The predicted molar refractivity (Wildman–Crippen MR) is 93.7 cm³/mol. The second kappa shape index (κ2) is 6.85. The van der Waals surface area contributed by atoms with Crippen molar-refractivity contribution in [3.63, 3.8) is 0 Å². The van der Waals surface area contributed by atoms with E-state index < -0.39 is 0 Å². The molecule has 0 radical (unpaired) electrons. The van der Waals surface area contributed by atoms with Gasteiger partial charge in [0.05, 0.1) is 6.61 Å². The third-order valence-electron chi connectivity index (χ3n) is 3.73. The van der Waals surface area contributed by atoms with Gasteiger partial charge >= 0.3 is 0 Å². The molecular weight excluding hydrogens is 256 g/mol. The Hall–Kier alpha value is -0.980. The molecule has 0 aromatic heterocycles. The minimum Gasteiger partial charge on any atom is -0.492 e. The van der Waals surface area contributed by atoms with Gasteiger partial charge < -0.3 is 4.74 Å². The third-order valence-corrected chi connectivity index (χ3v) is 3.73. The first-order valence-corrected chi connectivity index (χ1v) is 8.33. The normalized spacial score (nSPS) is 12.6. The van der Waals surface area contributed by atoms with Crippen LogP contribution in [0.1, 0.15) is 96.8 Å². The maximum absolute atomic E-state index is 6.29. The summed E-state index contributed by atoms with van der Waals surface area (Å²) in [5, 5.41) is 0. The topological polar surface area (TPSA) is 9.23 Å². The first kappa shape index (κ1) is 18.1. The smallest absolute Gasteiger partial charge is 0.126 e. The molecule has 0 spiro atoms. The van der Waals surface area contributed by atoms with Crippen LogP contribution in [0, 0.1) is 5.41 Å². The van der Waals surface area contributed by atoms with Gasteiger partial charge in [-0.2, -0.15) is 0 Å². The van der Waals surface area contributed by atoms with Crippen molar-refractivity contribution in [2.45, 2.75) is 80.1 Å². The van der Waals surface area contributed by atoms with Crippen molar-refractivity contribution in [2.24, 2.45) is 5.41 Å². The molecule has 0 saturated carbocycles. The van der Waals surface area contributed by atoms with Gasteiger partial charge in [0.25, 0.3) is 0 Å². The molecule has 0 heterocycles. The molecule has 0 amide bonds. The fourth-order valence-corrected chi connectivity index (χ4v) is 2.34. The van der Waals surface area contributed by atoms with Crippen LogP contribution in [0.4, 0.5) is 0 Å². The summed E-state index contributed by atoms with van der Waals surface area (Å²) in [6.45, 7) is 21.0. The number of hydrogen-bond acceptors (Lipinski definition) is 1. The third kappa shape index (κ3) is 5.05. The van der Waals surface area contributed by atoms with Crippen LogP contribution in [0.2, 0.25) is 0 Å².